The molecule has 0 unspecified atom stereocenters. The molecule has 1 aliphatic heterocycles. The zero-order chi connectivity index (χ0) is 19.1. The number of methoxy groups -OCH3 is 1. The smallest absolute Gasteiger partial charge is 0.223 e. The van der Waals surface area contributed by atoms with Gasteiger partial charge in [-0.25, -0.2) is 9.97 Å². The monoisotopic (exact) mass is 375 g/mol. The summed E-state index contributed by atoms with van der Waals surface area (Å²) >= 11 is 0. The maximum Gasteiger partial charge on any atom is 0.223 e. The summed E-state index contributed by atoms with van der Waals surface area (Å²) in [6, 6.07) is 9.91. The molecule has 3 aromatic heterocycles. The second kappa shape index (κ2) is 6.72. The van der Waals surface area contributed by atoms with E-state index < -0.39 is 0 Å². The van der Waals surface area contributed by atoms with E-state index in [1.54, 1.807) is 11.6 Å². The van der Waals surface area contributed by atoms with Gasteiger partial charge in [0, 0.05) is 31.1 Å². The summed E-state index contributed by atoms with van der Waals surface area (Å²) in [6.45, 7) is 2.85. The lowest BCUT2D eigenvalue weighted by atomic mass is 10.2. The third kappa shape index (κ3) is 2.82. The molecule has 0 fully saturated rings. The molecule has 1 aromatic carbocycles. The van der Waals surface area contributed by atoms with Crippen LogP contribution in [-0.2, 0) is 19.5 Å². The number of fused-ring (bicyclic) bond motifs is 4. The predicted octanol–water partition coefficient (Wildman–Crippen LogP) is 2.21. The molecule has 0 saturated heterocycles. The van der Waals surface area contributed by atoms with Gasteiger partial charge in [-0.3, -0.25) is 9.88 Å². The fourth-order valence-corrected chi connectivity index (χ4v) is 3.82. The second-order valence-corrected chi connectivity index (χ2v) is 7.01. The highest BCUT2D eigenvalue weighted by atomic mass is 16.5. The Hall–Kier alpha value is -3.26. The number of rotatable bonds is 5. The molecule has 5 rings (SSSR count). The Kier molecular flexibility index (Phi) is 4.05. The van der Waals surface area contributed by atoms with Crippen LogP contribution in [0.4, 0.5) is 5.95 Å². The number of aromatic nitrogens is 5. The number of benzene rings is 1. The molecule has 28 heavy (non-hydrogen) atoms. The molecular formula is C20H21N7O. The van der Waals surface area contributed by atoms with Crippen molar-refractivity contribution >= 4 is 22.5 Å². The number of hydrogen-bond donors (Lipinski definition) is 1. The Labute approximate surface area is 162 Å². The number of para-hydroxylation sites is 1. The Morgan fingerprint density at radius 2 is 2.07 bits per heavy atom. The quantitative estimate of drug-likeness (QED) is 0.571. The Morgan fingerprint density at radius 3 is 2.93 bits per heavy atom. The molecule has 0 radical (unpaired) electrons. The van der Waals surface area contributed by atoms with Gasteiger partial charge in [0.2, 0.25) is 5.95 Å². The van der Waals surface area contributed by atoms with Crippen molar-refractivity contribution < 1.29 is 4.74 Å². The van der Waals surface area contributed by atoms with E-state index in [0.29, 0.717) is 22.9 Å². The first-order chi connectivity index (χ1) is 13.7. The molecule has 8 nitrogen and oxygen atoms in total. The summed E-state index contributed by atoms with van der Waals surface area (Å²) in [5.74, 6) is 1.77. The summed E-state index contributed by atoms with van der Waals surface area (Å²) in [4.78, 5) is 16.0. The van der Waals surface area contributed by atoms with Crippen LogP contribution in [0.5, 0.6) is 5.75 Å². The number of nitrogens with two attached hydrogens (primary N) is 1. The van der Waals surface area contributed by atoms with E-state index in [0.717, 1.165) is 43.7 Å². The third-order valence-electron chi connectivity index (χ3n) is 5.18. The van der Waals surface area contributed by atoms with Crippen molar-refractivity contribution in [2.45, 2.75) is 25.9 Å². The fourth-order valence-electron chi connectivity index (χ4n) is 3.82. The average Bonchev–Trinajstić information content (AvgIpc) is 3.32. The molecule has 0 spiro atoms. The summed E-state index contributed by atoms with van der Waals surface area (Å²) in [5.41, 5.74) is 10.1. The largest absolute Gasteiger partial charge is 0.494 e. The average molecular weight is 375 g/mol. The number of ether oxygens (including phenoxy) is 1. The van der Waals surface area contributed by atoms with E-state index in [-0.39, 0.29) is 0 Å². The van der Waals surface area contributed by atoms with Gasteiger partial charge in [-0.1, -0.05) is 12.1 Å². The van der Waals surface area contributed by atoms with Crippen molar-refractivity contribution in [2.75, 3.05) is 19.4 Å². The molecule has 0 atom stereocenters. The van der Waals surface area contributed by atoms with Crippen LogP contribution in [0.25, 0.3) is 16.6 Å². The molecule has 0 bridgehead atoms. The van der Waals surface area contributed by atoms with Gasteiger partial charge in [0.25, 0.3) is 0 Å². The van der Waals surface area contributed by atoms with Crippen LogP contribution in [0.1, 0.15) is 23.5 Å². The predicted molar refractivity (Wildman–Crippen MR) is 106 cm³/mol. The van der Waals surface area contributed by atoms with Gasteiger partial charge < -0.3 is 10.5 Å². The number of pyridine rings is 1. The van der Waals surface area contributed by atoms with Crippen LogP contribution >= 0.6 is 0 Å². The molecule has 142 valence electrons. The lowest BCUT2D eigenvalue weighted by molar-refractivity contribution is 0.278. The van der Waals surface area contributed by atoms with E-state index >= 15 is 0 Å². The molecule has 0 saturated carbocycles. The first-order valence-corrected chi connectivity index (χ1v) is 9.36. The lowest BCUT2D eigenvalue weighted by Gasteiger charge is -2.13. The lowest BCUT2D eigenvalue weighted by Crippen LogP contribution is -2.18. The number of nitrogen functional groups attached to an aromatic ring is 1. The second-order valence-electron chi connectivity index (χ2n) is 7.01. The molecule has 0 amide bonds. The minimum absolute atomic E-state index is 0.312. The highest BCUT2D eigenvalue weighted by Crippen LogP contribution is 2.27. The van der Waals surface area contributed by atoms with Gasteiger partial charge >= 0.3 is 0 Å². The molecule has 4 aromatic rings. The van der Waals surface area contributed by atoms with E-state index in [1.807, 2.05) is 30.5 Å². The van der Waals surface area contributed by atoms with Gasteiger partial charge in [-0.15, -0.1) is 5.10 Å². The SMILES string of the molecule is COc1cccc2c1nc(N)n1nc(CCCN3Cc4cccnc4C3)nc21. The molecular weight excluding hydrogens is 354 g/mol. The van der Waals surface area contributed by atoms with Gasteiger partial charge in [0.1, 0.15) is 11.3 Å². The Balaban J connectivity index is 1.34. The number of aryl methyl sites for hydroxylation is 1. The van der Waals surface area contributed by atoms with Crippen molar-refractivity contribution in [1.82, 2.24) is 29.5 Å². The molecule has 4 heterocycles. The summed E-state index contributed by atoms with van der Waals surface area (Å²) in [5, 5.41) is 5.45. The van der Waals surface area contributed by atoms with Gasteiger partial charge in [-0.2, -0.15) is 4.52 Å². The first kappa shape index (κ1) is 16.9. The normalized spacial score (nSPS) is 14.0. The van der Waals surface area contributed by atoms with Crippen LogP contribution in [0.3, 0.4) is 0 Å². The minimum Gasteiger partial charge on any atom is -0.494 e. The van der Waals surface area contributed by atoms with Crippen LogP contribution in [0.15, 0.2) is 36.5 Å². The standard InChI is InChI=1S/C20H21N7O/c1-28-16-7-2-6-14-18(16)24-20(21)27-19(14)23-17(25-27)8-4-10-26-11-13-5-3-9-22-15(13)12-26/h2-3,5-7,9H,4,8,10-12H2,1H3,(H2,21,24). The van der Waals surface area contributed by atoms with Gasteiger partial charge in [0.05, 0.1) is 12.8 Å². The number of anilines is 1. The van der Waals surface area contributed by atoms with Crippen molar-refractivity contribution in [1.29, 1.82) is 0 Å². The summed E-state index contributed by atoms with van der Waals surface area (Å²) < 4.78 is 7.02. The van der Waals surface area contributed by atoms with E-state index in [2.05, 4.69) is 26.0 Å². The van der Waals surface area contributed by atoms with Crippen LogP contribution in [-0.4, -0.2) is 43.1 Å². The van der Waals surface area contributed by atoms with Gasteiger partial charge in [0.15, 0.2) is 11.5 Å². The number of hydrogen-bond acceptors (Lipinski definition) is 7. The maximum atomic E-state index is 6.11. The van der Waals surface area contributed by atoms with Crippen molar-refractivity contribution in [3.63, 3.8) is 0 Å². The topological polar surface area (TPSA) is 94.5 Å². The summed E-state index contributed by atoms with van der Waals surface area (Å²) in [7, 11) is 1.62. The third-order valence-corrected chi connectivity index (χ3v) is 5.18. The van der Waals surface area contributed by atoms with Crippen LogP contribution in [0, 0.1) is 0 Å². The van der Waals surface area contributed by atoms with Crippen LogP contribution in [0.2, 0.25) is 0 Å². The molecule has 8 heteroatoms. The summed E-state index contributed by atoms with van der Waals surface area (Å²) in [6.07, 6.45) is 3.62. The Morgan fingerprint density at radius 1 is 1.14 bits per heavy atom. The zero-order valence-corrected chi connectivity index (χ0v) is 15.7. The van der Waals surface area contributed by atoms with Crippen molar-refractivity contribution in [3.8, 4) is 5.75 Å². The van der Waals surface area contributed by atoms with E-state index in [1.165, 1.54) is 11.3 Å². The zero-order valence-electron chi connectivity index (χ0n) is 15.7. The number of nitrogens with zero attached hydrogens (tertiary/aromatic N) is 6. The highest BCUT2D eigenvalue weighted by molar-refractivity contribution is 5.95. The molecule has 2 N–H and O–H groups in total. The minimum atomic E-state index is 0.312. The van der Waals surface area contributed by atoms with Crippen molar-refractivity contribution in [2.24, 2.45) is 0 Å². The molecule has 0 aliphatic carbocycles. The van der Waals surface area contributed by atoms with Gasteiger partial charge in [-0.05, 0) is 36.7 Å². The van der Waals surface area contributed by atoms with Crippen LogP contribution < -0.4 is 10.5 Å². The molecule has 1 aliphatic rings. The first-order valence-electron chi connectivity index (χ1n) is 9.36. The fraction of sp³-hybridized carbons (Fsp3) is 0.300. The Bertz CT molecular complexity index is 1150. The maximum absolute atomic E-state index is 6.11. The highest BCUT2D eigenvalue weighted by Gasteiger charge is 2.19. The van der Waals surface area contributed by atoms with E-state index in [9.17, 15) is 0 Å². The van der Waals surface area contributed by atoms with E-state index in [4.69, 9.17) is 15.5 Å². The van der Waals surface area contributed by atoms with Crippen molar-refractivity contribution in [3.05, 3.63) is 53.6 Å².